The Balaban J connectivity index is 2.56. The van der Waals surface area contributed by atoms with Crippen LogP contribution in [0.15, 0.2) is 0 Å². The third-order valence-corrected chi connectivity index (χ3v) is 3.94. The van der Waals surface area contributed by atoms with Crippen molar-refractivity contribution in [3.63, 3.8) is 0 Å². The van der Waals surface area contributed by atoms with Crippen LogP contribution in [0.4, 0.5) is 0 Å². The van der Waals surface area contributed by atoms with Crippen LogP contribution in [0.2, 0.25) is 0 Å². The summed E-state index contributed by atoms with van der Waals surface area (Å²) < 4.78 is 5.24. The van der Waals surface area contributed by atoms with Gasteiger partial charge < -0.3 is 20.5 Å². The molecule has 0 aliphatic carbocycles. The minimum Gasteiger partial charge on any atom is -0.481 e. The summed E-state index contributed by atoms with van der Waals surface area (Å²) in [5, 5.41) is 9.17. The van der Waals surface area contributed by atoms with Crippen molar-refractivity contribution >= 4 is 11.9 Å². The van der Waals surface area contributed by atoms with Crippen LogP contribution in [-0.4, -0.2) is 54.2 Å². The second kappa shape index (κ2) is 8.21. The Morgan fingerprint density at radius 3 is 2.65 bits per heavy atom. The van der Waals surface area contributed by atoms with Crippen molar-refractivity contribution in [1.82, 2.24) is 4.90 Å². The minimum absolute atomic E-state index is 0.0121. The van der Waals surface area contributed by atoms with Crippen LogP contribution >= 0.6 is 0 Å². The SMILES string of the molecule is CCN(C(=O)CCC(C)CCN)C1COCC1C(=O)O. The molecule has 0 bridgehead atoms. The van der Waals surface area contributed by atoms with Crippen molar-refractivity contribution < 1.29 is 19.4 Å². The molecule has 1 fully saturated rings. The molecule has 0 aromatic rings. The number of rotatable bonds is 8. The van der Waals surface area contributed by atoms with E-state index in [0.717, 1.165) is 12.8 Å². The van der Waals surface area contributed by atoms with E-state index in [1.165, 1.54) is 0 Å². The number of ether oxygens (including phenoxy) is 1. The van der Waals surface area contributed by atoms with Gasteiger partial charge in [-0.1, -0.05) is 6.92 Å². The summed E-state index contributed by atoms with van der Waals surface area (Å²) in [7, 11) is 0. The minimum atomic E-state index is -0.893. The monoisotopic (exact) mass is 286 g/mol. The summed E-state index contributed by atoms with van der Waals surface area (Å²) in [5.41, 5.74) is 5.50. The lowest BCUT2D eigenvalue weighted by Gasteiger charge is -2.29. The average Bonchev–Trinajstić information content (AvgIpc) is 2.87. The van der Waals surface area contributed by atoms with Crippen LogP contribution in [0, 0.1) is 11.8 Å². The molecule has 6 heteroatoms. The third-order valence-electron chi connectivity index (χ3n) is 3.94. The topological polar surface area (TPSA) is 92.9 Å². The number of aliphatic carboxylic acids is 1. The molecule has 3 unspecified atom stereocenters. The van der Waals surface area contributed by atoms with Gasteiger partial charge in [-0.3, -0.25) is 9.59 Å². The van der Waals surface area contributed by atoms with Gasteiger partial charge in [0, 0.05) is 13.0 Å². The standard InChI is InChI=1S/C14H26N2O4/c1-3-16(12-9-20-8-11(12)14(18)19)13(17)5-4-10(2)6-7-15/h10-12H,3-9,15H2,1-2H3,(H,18,19). The van der Waals surface area contributed by atoms with E-state index in [2.05, 4.69) is 6.92 Å². The highest BCUT2D eigenvalue weighted by molar-refractivity contribution is 5.78. The smallest absolute Gasteiger partial charge is 0.311 e. The Morgan fingerprint density at radius 1 is 1.40 bits per heavy atom. The van der Waals surface area contributed by atoms with Gasteiger partial charge in [0.05, 0.1) is 19.3 Å². The van der Waals surface area contributed by atoms with Gasteiger partial charge in [0.15, 0.2) is 0 Å². The summed E-state index contributed by atoms with van der Waals surface area (Å²) in [5.74, 6) is -1.08. The summed E-state index contributed by atoms with van der Waals surface area (Å²) in [6, 6.07) is -0.338. The molecule has 1 aliphatic rings. The normalized spacial score (nSPS) is 23.6. The number of hydrogen-bond acceptors (Lipinski definition) is 4. The van der Waals surface area contributed by atoms with Gasteiger partial charge >= 0.3 is 5.97 Å². The molecule has 20 heavy (non-hydrogen) atoms. The average molecular weight is 286 g/mol. The fourth-order valence-corrected chi connectivity index (χ4v) is 2.62. The second-order valence-electron chi connectivity index (χ2n) is 5.45. The van der Waals surface area contributed by atoms with E-state index in [1.54, 1.807) is 4.90 Å². The number of carbonyl (C=O) groups excluding carboxylic acids is 1. The lowest BCUT2D eigenvalue weighted by molar-refractivity contribution is -0.145. The number of nitrogens with zero attached hydrogens (tertiary/aromatic N) is 1. The number of amides is 1. The molecule has 1 rings (SSSR count). The molecule has 1 aliphatic heterocycles. The van der Waals surface area contributed by atoms with Crippen molar-refractivity contribution in [1.29, 1.82) is 0 Å². The molecule has 0 aromatic heterocycles. The molecular weight excluding hydrogens is 260 g/mol. The van der Waals surface area contributed by atoms with Crippen molar-refractivity contribution in [2.75, 3.05) is 26.3 Å². The summed E-state index contributed by atoms with van der Waals surface area (Å²) >= 11 is 0. The first kappa shape index (κ1) is 16.9. The van der Waals surface area contributed by atoms with Gasteiger partial charge in [-0.05, 0) is 32.2 Å². The van der Waals surface area contributed by atoms with E-state index in [4.69, 9.17) is 15.6 Å². The van der Waals surface area contributed by atoms with Crippen LogP contribution in [0.3, 0.4) is 0 Å². The number of likely N-dealkylation sites (N-methyl/N-ethyl adjacent to an activating group) is 1. The number of carboxylic acid groups (broad SMARTS) is 1. The Labute approximate surface area is 120 Å². The van der Waals surface area contributed by atoms with Crippen molar-refractivity contribution in [2.24, 2.45) is 17.6 Å². The van der Waals surface area contributed by atoms with Crippen LogP contribution in [0.1, 0.15) is 33.1 Å². The van der Waals surface area contributed by atoms with Crippen LogP contribution in [-0.2, 0) is 14.3 Å². The van der Waals surface area contributed by atoms with E-state index in [1.807, 2.05) is 6.92 Å². The Hall–Kier alpha value is -1.14. The predicted octanol–water partition coefficient (Wildman–Crippen LogP) is 0.700. The summed E-state index contributed by atoms with van der Waals surface area (Å²) in [6.07, 6.45) is 2.14. The largest absolute Gasteiger partial charge is 0.481 e. The molecule has 0 saturated carbocycles. The van der Waals surface area contributed by atoms with Gasteiger partial charge in [0.2, 0.25) is 5.91 Å². The molecule has 0 radical (unpaired) electrons. The maximum Gasteiger partial charge on any atom is 0.311 e. The molecule has 3 atom stereocenters. The number of carboxylic acids is 1. The highest BCUT2D eigenvalue weighted by atomic mass is 16.5. The lowest BCUT2D eigenvalue weighted by atomic mass is 9.99. The number of carbonyl (C=O) groups is 2. The van der Waals surface area contributed by atoms with Crippen molar-refractivity contribution in [3.05, 3.63) is 0 Å². The van der Waals surface area contributed by atoms with E-state index in [-0.39, 0.29) is 18.6 Å². The van der Waals surface area contributed by atoms with Crippen molar-refractivity contribution in [2.45, 2.75) is 39.2 Å². The van der Waals surface area contributed by atoms with Crippen LogP contribution < -0.4 is 5.73 Å². The number of nitrogens with two attached hydrogens (primary N) is 1. The zero-order valence-electron chi connectivity index (χ0n) is 12.4. The molecular formula is C14H26N2O4. The van der Waals surface area contributed by atoms with E-state index in [9.17, 15) is 9.59 Å². The molecule has 0 aromatic carbocycles. The van der Waals surface area contributed by atoms with Crippen LogP contribution in [0.5, 0.6) is 0 Å². The predicted molar refractivity (Wildman–Crippen MR) is 75.2 cm³/mol. The zero-order chi connectivity index (χ0) is 15.1. The first-order valence-corrected chi connectivity index (χ1v) is 7.31. The van der Waals surface area contributed by atoms with E-state index >= 15 is 0 Å². The molecule has 0 spiro atoms. The quantitative estimate of drug-likeness (QED) is 0.685. The highest BCUT2D eigenvalue weighted by Gasteiger charge is 2.39. The first-order valence-electron chi connectivity index (χ1n) is 7.31. The first-order chi connectivity index (χ1) is 9.51. The maximum atomic E-state index is 12.3. The lowest BCUT2D eigenvalue weighted by Crippen LogP contribution is -2.46. The van der Waals surface area contributed by atoms with E-state index < -0.39 is 11.9 Å². The van der Waals surface area contributed by atoms with E-state index in [0.29, 0.717) is 32.0 Å². The van der Waals surface area contributed by atoms with Gasteiger partial charge in [0.1, 0.15) is 5.92 Å². The van der Waals surface area contributed by atoms with Crippen molar-refractivity contribution in [3.8, 4) is 0 Å². The molecule has 1 heterocycles. The zero-order valence-corrected chi connectivity index (χ0v) is 12.4. The molecule has 116 valence electrons. The van der Waals surface area contributed by atoms with Gasteiger partial charge in [-0.25, -0.2) is 0 Å². The Kier molecular flexibility index (Phi) is 6.95. The maximum absolute atomic E-state index is 12.3. The third kappa shape index (κ3) is 4.45. The fourth-order valence-electron chi connectivity index (χ4n) is 2.62. The molecule has 1 saturated heterocycles. The van der Waals surface area contributed by atoms with Gasteiger partial charge in [-0.2, -0.15) is 0 Å². The molecule has 6 nitrogen and oxygen atoms in total. The Bertz CT molecular complexity index is 335. The highest BCUT2D eigenvalue weighted by Crippen LogP contribution is 2.22. The second-order valence-corrected chi connectivity index (χ2v) is 5.45. The van der Waals surface area contributed by atoms with Crippen LogP contribution in [0.25, 0.3) is 0 Å². The molecule has 1 amide bonds. The van der Waals surface area contributed by atoms with Gasteiger partial charge in [-0.15, -0.1) is 0 Å². The van der Waals surface area contributed by atoms with Gasteiger partial charge in [0.25, 0.3) is 0 Å². The number of hydrogen-bond donors (Lipinski definition) is 2. The molecule has 3 N–H and O–H groups in total. The Morgan fingerprint density at radius 2 is 2.10 bits per heavy atom. The summed E-state index contributed by atoms with van der Waals surface area (Å²) in [6.45, 7) is 5.60. The fraction of sp³-hybridized carbons (Fsp3) is 0.857. The summed E-state index contributed by atoms with van der Waals surface area (Å²) in [4.78, 5) is 25.1.